The van der Waals surface area contributed by atoms with E-state index in [1.165, 1.54) is 25.8 Å². The van der Waals surface area contributed by atoms with Crippen molar-refractivity contribution in [3.8, 4) is 0 Å². The second-order valence-electron chi connectivity index (χ2n) is 5.11. The van der Waals surface area contributed by atoms with E-state index in [1.54, 1.807) is 7.11 Å². The maximum atomic E-state index is 5.94. The van der Waals surface area contributed by atoms with Gasteiger partial charge in [0.1, 0.15) is 0 Å². The topological polar surface area (TPSA) is 47.7 Å². The molecule has 2 N–H and O–H groups in total. The number of hydrogen-bond donors (Lipinski definition) is 1. The molecule has 18 heavy (non-hydrogen) atoms. The van der Waals surface area contributed by atoms with Gasteiger partial charge in [-0.3, -0.25) is 4.90 Å². The minimum atomic E-state index is 0.586. The van der Waals surface area contributed by atoms with Crippen LogP contribution in [0, 0.1) is 5.92 Å². The van der Waals surface area contributed by atoms with Crippen LogP contribution in [0.5, 0.6) is 0 Å². The van der Waals surface area contributed by atoms with E-state index in [1.807, 2.05) is 0 Å². The summed E-state index contributed by atoms with van der Waals surface area (Å²) in [5.74, 6) is 0.790. The SMILES string of the molecule is CCC1CCCN(CCCOCCOC)C1CN. The van der Waals surface area contributed by atoms with Crippen molar-refractivity contribution in [2.75, 3.05) is 46.6 Å². The van der Waals surface area contributed by atoms with E-state index >= 15 is 0 Å². The number of rotatable bonds is 9. The molecule has 1 rings (SSSR count). The van der Waals surface area contributed by atoms with Gasteiger partial charge in [0.2, 0.25) is 0 Å². The minimum Gasteiger partial charge on any atom is -0.382 e. The lowest BCUT2D eigenvalue weighted by molar-refractivity contribution is 0.0516. The van der Waals surface area contributed by atoms with E-state index < -0.39 is 0 Å². The Morgan fingerprint density at radius 1 is 1.28 bits per heavy atom. The molecule has 2 unspecified atom stereocenters. The molecule has 0 aromatic rings. The number of likely N-dealkylation sites (tertiary alicyclic amines) is 1. The van der Waals surface area contributed by atoms with Crippen LogP contribution >= 0.6 is 0 Å². The monoisotopic (exact) mass is 258 g/mol. The lowest BCUT2D eigenvalue weighted by Gasteiger charge is -2.40. The number of methoxy groups -OCH3 is 1. The molecule has 1 saturated heterocycles. The molecule has 0 aromatic heterocycles. The standard InChI is InChI=1S/C14H30N2O2/c1-3-13-6-4-7-16(14(13)12-15)8-5-9-18-11-10-17-2/h13-14H,3-12,15H2,1-2H3. The molecule has 2 atom stereocenters. The highest BCUT2D eigenvalue weighted by Gasteiger charge is 2.28. The smallest absolute Gasteiger partial charge is 0.0700 e. The first-order valence-corrected chi connectivity index (χ1v) is 7.34. The highest BCUT2D eigenvalue weighted by molar-refractivity contribution is 4.84. The van der Waals surface area contributed by atoms with Gasteiger partial charge in [0.25, 0.3) is 0 Å². The van der Waals surface area contributed by atoms with Gasteiger partial charge in [-0.15, -0.1) is 0 Å². The largest absolute Gasteiger partial charge is 0.382 e. The number of ether oxygens (including phenoxy) is 2. The van der Waals surface area contributed by atoms with Gasteiger partial charge in [0.15, 0.2) is 0 Å². The molecule has 0 spiro atoms. The summed E-state index contributed by atoms with van der Waals surface area (Å²) < 4.78 is 10.5. The Labute approximate surface area is 112 Å². The minimum absolute atomic E-state index is 0.586. The fourth-order valence-electron chi connectivity index (χ4n) is 2.92. The van der Waals surface area contributed by atoms with Crippen LogP contribution in [0.1, 0.15) is 32.6 Å². The number of nitrogens with two attached hydrogens (primary N) is 1. The molecule has 0 saturated carbocycles. The second-order valence-corrected chi connectivity index (χ2v) is 5.11. The third kappa shape index (κ3) is 5.22. The van der Waals surface area contributed by atoms with Crippen LogP contribution in [0.3, 0.4) is 0 Å². The molecule has 0 aromatic carbocycles. The molecule has 0 bridgehead atoms. The predicted molar refractivity (Wildman–Crippen MR) is 74.7 cm³/mol. The summed E-state index contributed by atoms with van der Waals surface area (Å²) >= 11 is 0. The van der Waals surface area contributed by atoms with Crippen molar-refractivity contribution in [3.05, 3.63) is 0 Å². The first kappa shape index (κ1) is 15.9. The van der Waals surface area contributed by atoms with Gasteiger partial charge in [0.05, 0.1) is 13.2 Å². The molecule has 0 amide bonds. The number of nitrogens with zero attached hydrogens (tertiary/aromatic N) is 1. The van der Waals surface area contributed by atoms with Crippen LogP contribution < -0.4 is 5.73 Å². The van der Waals surface area contributed by atoms with Gasteiger partial charge in [-0.2, -0.15) is 0 Å². The van der Waals surface area contributed by atoms with Gasteiger partial charge in [0, 0.05) is 32.8 Å². The lowest BCUT2D eigenvalue weighted by Crippen LogP contribution is -2.49. The molecule has 0 aliphatic carbocycles. The van der Waals surface area contributed by atoms with Crippen molar-refractivity contribution in [1.29, 1.82) is 0 Å². The average molecular weight is 258 g/mol. The van der Waals surface area contributed by atoms with Crippen LogP contribution in [0.2, 0.25) is 0 Å². The van der Waals surface area contributed by atoms with Gasteiger partial charge in [-0.1, -0.05) is 13.3 Å². The Bertz CT molecular complexity index is 202. The zero-order chi connectivity index (χ0) is 13.2. The summed E-state index contributed by atoms with van der Waals surface area (Å²) in [4.78, 5) is 2.57. The first-order chi connectivity index (χ1) is 8.83. The van der Waals surface area contributed by atoms with Crippen molar-refractivity contribution in [3.63, 3.8) is 0 Å². The molecule has 1 heterocycles. The third-order valence-corrected chi connectivity index (χ3v) is 3.97. The van der Waals surface area contributed by atoms with Crippen LogP contribution in [-0.2, 0) is 9.47 Å². The normalized spacial score (nSPS) is 25.5. The quantitative estimate of drug-likeness (QED) is 0.637. The van der Waals surface area contributed by atoms with Crippen molar-refractivity contribution >= 4 is 0 Å². The van der Waals surface area contributed by atoms with Gasteiger partial charge < -0.3 is 15.2 Å². The Morgan fingerprint density at radius 3 is 2.78 bits per heavy atom. The Morgan fingerprint density at radius 2 is 2.11 bits per heavy atom. The number of piperidine rings is 1. The predicted octanol–water partition coefficient (Wildman–Crippen LogP) is 1.49. The molecule has 4 nitrogen and oxygen atoms in total. The molecular weight excluding hydrogens is 228 g/mol. The summed E-state index contributed by atoms with van der Waals surface area (Å²) in [6.45, 7) is 7.62. The molecule has 1 aliphatic heterocycles. The average Bonchev–Trinajstić information content (AvgIpc) is 2.42. The number of hydrogen-bond acceptors (Lipinski definition) is 4. The van der Waals surface area contributed by atoms with Crippen LogP contribution in [0.15, 0.2) is 0 Å². The summed E-state index contributed by atoms with van der Waals surface area (Å²) in [6, 6.07) is 0.586. The third-order valence-electron chi connectivity index (χ3n) is 3.97. The van der Waals surface area contributed by atoms with Gasteiger partial charge >= 0.3 is 0 Å². The summed E-state index contributed by atoms with van der Waals surface area (Å²) in [6.07, 6.45) is 5.01. The molecule has 1 aliphatic rings. The Hall–Kier alpha value is -0.160. The Kier molecular flexibility index (Phi) is 8.59. The van der Waals surface area contributed by atoms with Crippen molar-refractivity contribution in [2.45, 2.75) is 38.6 Å². The molecular formula is C14H30N2O2. The zero-order valence-electron chi connectivity index (χ0n) is 12.1. The molecule has 1 fully saturated rings. The Balaban J connectivity index is 2.18. The summed E-state index contributed by atoms with van der Waals surface area (Å²) in [5.41, 5.74) is 5.94. The van der Waals surface area contributed by atoms with E-state index in [2.05, 4.69) is 11.8 Å². The maximum Gasteiger partial charge on any atom is 0.0700 e. The molecule has 0 radical (unpaired) electrons. The van der Waals surface area contributed by atoms with Gasteiger partial charge in [-0.05, 0) is 31.7 Å². The zero-order valence-corrected chi connectivity index (χ0v) is 12.1. The highest BCUT2D eigenvalue weighted by atomic mass is 16.5. The van der Waals surface area contributed by atoms with Crippen LogP contribution in [0.25, 0.3) is 0 Å². The maximum absolute atomic E-state index is 5.94. The second kappa shape index (κ2) is 9.73. The van der Waals surface area contributed by atoms with E-state index in [0.29, 0.717) is 19.3 Å². The fraction of sp³-hybridized carbons (Fsp3) is 1.00. The molecule has 108 valence electrons. The van der Waals surface area contributed by atoms with Gasteiger partial charge in [-0.25, -0.2) is 0 Å². The first-order valence-electron chi connectivity index (χ1n) is 7.34. The van der Waals surface area contributed by atoms with Crippen LogP contribution in [-0.4, -0.2) is 57.5 Å². The summed E-state index contributed by atoms with van der Waals surface area (Å²) in [7, 11) is 1.70. The van der Waals surface area contributed by atoms with E-state index in [-0.39, 0.29) is 0 Å². The molecule has 4 heteroatoms. The van der Waals surface area contributed by atoms with Crippen molar-refractivity contribution < 1.29 is 9.47 Å². The fourth-order valence-corrected chi connectivity index (χ4v) is 2.92. The van der Waals surface area contributed by atoms with E-state index in [4.69, 9.17) is 15.2 Å². The van der Waals surface area contributed by atoms with Crippen molar-refractivity contribution in [2.24, 2.45) is 11.7 Å². The van der Waals surface area contributed by atoms with Crippen molar-refractivity contribution in [1.82, 2.24) is 4.90 Å². The highest BCUT2D eigenvalue weighted by Crippen LogP contribution is 2.25. The lowest BCUT2D eigenvalue weighted by atomic mass is 9.87. The van der Waals surface area contributed by atoms with E-state index in [9.17, 15) is 0 Å². The van der Waals surface area contributed by atoms with E-state index in [0.717, 1.165) is 32.0 Å². The van der Waals surface area contributed by atoms with Crippen LogP contribution in [0.4, 0.5) is 0 Å². The summed E-state index contributed by atoms with van der Waals surface area (Å²) in [5, 5.41) is 0.